The topological polar surface area (TPSA) is 47.6 Å². The third-order valence-electron chi connectivity index (χ3n) is 3.54. The molecule has 0 aliphatic heterocycles. The highest BCUT2D eigenvalue weighted by Crippen LogP contribution is 2.37. The summed E-state index contributed by atoms with van der Waals surface area (Å²) in [6, 6.07) is 3.39. The first kappa shape index (κ1) is 19.3. The van der Waals surface area contributed by atoms with Gasteiger partial charge in [0.15, 0.2) is 0 Å². The second-order valence-electron chi connectivity index (χ2n) is 5.30. The largest absolute Gasteiger partial charge is 0.496 e. The van der Waals surface area contributed by atoms with E-state index in [1.165, 1.54) is 12.1 Å². The Morgan fingerprint density at radius 1 is 1.26 bits per heavy atom. The van der Waals surface area contributed by atoms with Gasteiger partial charge in [0.25, 0.3) is 5.91 Å². The fourth-order valence-corrected chi connectivity index (χ4v) is 1.93. The van der Waals surface area contributed by atoms with Crippen molar-refractivity contribution >= 4 is 11.6 Å². The second kappa shape index (κ2) is 7.68. The van der Waals surface area contributed by atoms with Gasteiger partial charge in [-0.15, -0.1) is 0 Å². The molecule has 0 aromatic heterocycles. The van der Waals surface area contributed by atoms with Gasteiger partial charge in [-0.2, -0.15) is 13.2 Å². The zero-order valence-electron chi connectivity index (χ0n) is 13.7. The Morgan fingerprint density at radius 2 is 1.91 bits per heavy atom. The van der Waals surface area contributed by atoms with Crippen molar-refractivity contribution in [1.82, 2.24) is 0 Å². The summed E-state index contributed by atoms with van der Waals surface area (Å²) in [5.41, 5.74) is -1.98. The van der Waals surface area contributed by atoms with Gasteiger partial charge in [0, 0.05) is 12.3 Å². The molecule has 1 aromatic rings. The van der Waals surface area contributed by atoms with E-state index >= 15 is 0 Å². The highest BCUT2D eigenvalue weighted by Gasteiger charge is 2.36. The number of rotatable bonds is 7. The lowest BCUT2D eigenvalue weighted by molar-refractivity contribution is -0.140. The predicted molar refractivity (Wildman–Crippen MR) is 81.6 cm³/mol. The van der Waals surface area contributed by atoms with Gasteiger partial charge in [-0.25, -0.2) is 0 Å². The minimum Gasteiger partial charge on any atom is -0.496 e. The molecular weight excluding hydrogens is 311 g/mol. The van der Waals surface area contributed by atoms with Crippen LogP contribution in [0.5, 0.6) is 5.75 Å². The van der Waals surface area contributed by atoms with E-state index in [2.05, 4.69) is 5.32 Å². The van der Waals surface area contributed by atoms with Crippen LogP contribution in [-0.2, 0) is 15.7 Å². The van der Waals surface area contributed by atoms with E-state index in [1.54, 1.807) is 13.8 Å². The molecule has 0 aliphatic carbocycles. The summed E-state index contributed by atoms with van der Waals surface area (Å²) in [7, 11) is 1.16. The summed E-state index contributed by atoms with van der Waals surface area (Å²) >= 11 is 0. The van der Waals surface area contributed by atoms with Gasteiger partial charge in [0.05, 0.1) is 12.7 Å². The summed E-state index contributed by atoms with van der Waals surface area (Å²) in [5.74, 6) is -0.775. The normalized spacial score (nSPS) is 14.2. The number of amides is 1. The smallest absolute Gasteiger partial charge is 0.420 e. The fraction of sp³-hybridized carbons (Fsp3) is 0.562. The summed E-state index contributed by atoms with van der Waals surface area (Å²) in [4.78, 5) is 12.3. The van der Waals surface area contributed by atoms with E-state index in [9.17, 15) is 18.0 Å². The number of hydrogen-bond donors (Lipinski definition) is 1. The molecular formula is C16H22F3NO3. The van der Waals surface area contributed by atoms with Crippen molar-refractivity contribution in [2.75, 3.05) is 19.0 Å². The van der Waals surface area contributed by atoms with Crippen LogP contribution >= 0.6 is 0 Å². The molecule has 0 radical (unpaired) electrons. The van der Waals surface area contributed by atoms with Crippen molar-refractivity contribution in [2.45, 2.75) is 45.4 Å². The first-order valence-electron chi connectivity index (χ1n) is 7.38. The molecule has 0 heterocycles. The standard InChI is InChI=1S/C16H22F3NO3/c1-5-9-23-15(3,6-2)14(21)20-11-7-8-13(22-4)12(10-11)16(17,18)19/h7-8,10H,5-6,9H2,1-4H3,(H,20,21). The maximum absolute atomic E-state index is 13.0. The first-order valence-corrected chi connectivity index (χ1v) is 7.38. The van der Waals surface area contributed by atoms with E-state index < -0.39 is 23.2 Å². The van der Waals surface area contributed by atoms with Crippen LogP contribution in [-0.4, -0.2) is 25.2 Å². The minimum absolute atomic E-state index is 0.0444. The van der Waals surface area contributed by atoms with Crippen LogP contribution in [0.1, 0.15) is 39.2 Å². The number of carbonyl (C=O) groups excluding carboxylic acids is 1. The van der Waals surface area contributed by atoms with Crippen LogP contribution in [0.15, 0.2) is 18.2 Å². The van der Waals surface area contributed by atoms with Crippen molar-refractivity contribution in [3.05, 3.63) is 23.8 Å². The van der Waals surface area contributed by atoms with Crippen molar-refractivity contribution in [3.63, 3.8) is 0 Å². The van der Waals surface area contributed by atoms with Crippen LogP contribution in [0.3, 0.4) is 0 Å². The molecule has 23 heavy (non-hydrogen) atoms. The van der Waals surface area contributed by atoms with Crippen molar-refractivity contribution < 1.29 is 27.4 Å². The Bertz CT molecular complexity index is 546. The molecule has 1 amide bonds. The molecule has 1 N–H and O–H groups in total. The molecule has 0 spiro atoms. The van der Waals surface area contributed by atoms with Crippen molar-refractivity contribution in [1.29, 1.82) is 0 Å². The number of halogens is 3. The third-order valence-corrected chi connectivity index (χ3v) is 3.54. The molecule has 4 nitrogen and oxygen atoms in total. The number of nitrogens with one attached hydrogen (secondary N) is 1. The highest BCUT2D eigenvalue weighted by atomic mass is 19.4. The van der Waals surface area contributed by atoms with E-state index in [0.717, 1.165) is 19.6 Å². The summed E-state index contributed by atoms with van der Waals surface area (Å²) in [6.07, 6.45) is -3.43. The Hall–Kier alpha value is -1.76. The third kappa shape index (κ3) is 4.86. The van der Waals surface area contributed by atoms with Gasteiger partial charge in [0.2, 0.25) is 0 Å². The number of carbonyl (C=O) groups is 1. The van der Waals surface area contributed by atoms with Crippen LogP contribution < -0.4 is 10.1 Å². The quantitative estimate of drug-likeness (QED) is 0.811. The zero-order valence-corrected chi connectivity index (χ0v) is 13.7. The number of alkyl halides is 3. The molecule has 1 aromatic carbocycles. The lowest BCUT2D eigenvalue weighted by Crippen LogP contribution is -2.42. The Kier molecular flexibility index (Phi) is 6.44. The SMILES string of the molecule is CCCOC(C)(CC)C(=O)Nc1ccc(OC)c(C(F)(F)F)c1. The van der Waals surface area contributed by atoms with Crippen LogP contribution in [0, 0.1) is 0 Å². The van der Waals surface area contributed by atoms with E-state index in [4.69, 9.17) is 9.47 Å². The van der Waals surface area contributed by atoms with Gasteiger partial charge >= 0.3 is 6.18 Å². The molecule has 1 atom stereocenters. The van der Waals surface area contributed by atoms with Gasteiger partial charge in [-0.1, -0.05) is 13.8 Å². The van der Waals surface area contributed by atoms with Gasteiger partial charge in [-0.3, -0.25) is 4.79 Å². The maximum atomic E-state index is 13.0. The molecule has 0 bridgehead atoms. The van der Waals surface area contributed by atoms with Gasteiger partial charge in [0.1, 0.15) is 11.4 Å². The summed E-state index contributed by atoms with van der Waals surface area (Å²) in [6.45, 7) is 5.71. The number of ether oxygens (including phenoxy) is 2. The van der Waals surface area contributed by atoms with Crippen LogP contribution in [0.25, 0.3) is 0 Å². The minimum atomic E-state index is -4.57. The number of benzene rings is 1. The predicted octanol–water partition coefficient (Wildman–Crippen LogP) is 4.25. The van der Waals surface area contributed by atoms with Crippen LogP contribution in [0.4, 0.5) is 18.9 Å². The number of anilines is 1. The molecule has 0 fully saturated rings. The lowest BCUT2D eigenvalue weighted by atomic mass is 10.0. The first-order chi connectivity index (χ1) is 10.7. The second-order valence-corrected chi connectivity index (χ2v) is 5.30. The molecule has 1 unspecified atom stereocenters. The summed E-state index contributed by atoms with van der Waals surface area (Å²) < 4.78 is 49.3. The van der Waals surface area contributed by atoms with E-state index in [0.29, 0.717) is 13.0 Å². The molecule has 1 rings (SSSR count). The van der Waals surface area contributed by atoms with Gasteiger partial charge in [-0.05, 0) is 38.0 Å². The molecule has 130 valence electrons. The average molecular weight is 333 g/mol. The summed E-state index contributed by atoms with van der Waals surface area (Å²) in [5, 5.41) is 2.49. The Morgan fingerprint density at radius 3 is 2.39 bits per heavy atom. The molecule has 0 saturated carbocycles. The highest BCUT2D eigenvalue weighted by molar-refractivity contribution is 5.97. The van der Waals surface area contributed by atoms with Crippen molar-refractivity contribution in [3.8, 4) is 5.75 Å². The fourth-order valence-electron chi connectivity index (χ4n) is 1.93. The molecule has 0 saturated heterocycles. The Balaban J connectivity index is 3.02. The lowest BCUT2D eigenvalue weighted by Gasteiger charge is -2.27. The molecule has 0 aliphatic rings. The number of hydrogen-bond acceptors (Lipinski definition) is 3. The van der Waals surface area contributed by atoms with E-state index in [1.807, 2.05) is 6.92 Å². The zero-order chi connectivity index (χ0) is 17.7. The number of methoxy groups -OCH3 is 1. The maximum Gasteiger partial charge on any atom is 0.420 e. The Labute approximate surface area is 134 Å². The van der Waals surface area contributed by atoms with Crippen LogP contribution in [0.2, 0.25) is 0 Å². The van der Waals surface area contributed by atoms with E-state index in [-0.39, 0.29) is 11.4 Å². The monoisotopic (exact) mass is 333 g/mol. The van der Waals surface area contributed by atoms with Gasteiger partial charge < -0.3 is 14.8 Å². The average Bonchev–Trinajstić information content (AvgIpc) is 2.51. The van der Waals surface area contributed by atoms with Crippen molar-refractivity contribution in [2.24, 2.45) is 0 Å². The molecule has 7 heteroatoms.